The van der Waals surface area contributed by atoms with Gasteiger partial charge in [-0.3, -0.25) is 24.5 Å². The summed E-state index contributed by atoms with van der Waals surface area (Å²) in [4.78, 5) is 53.0. The number of fused-ring (bicyclic) bond motifs is 1. The number of unbranched alkanes of at least 4 members (excludes halogenated alkanes) is 3. The number of hydrogen-bond donors (Lipinski definition) is 1. The van der Waals surface area contributed by atoms with Gasteiger partial charge < -0.3 is 9.80 Å². The Balaban J connectivity index is 1.00. The standard InChI is InChI=1S/C31H37N3O4/c35-28-15-14-27(30(37)32-28)34-21-25-13-12-22(20-26(25)31(34)38)8-4-1-2-7-11-29(36)33-18-16-24(17-19-33)23-9-5-3-6-10-23/h3,5-6,9-10,12-13,20,24,27H,1-2,4,7-8,11,14-19,21H2,(H,32,35,37). The van der Waals surface area contributed by atoms with Crippen LogP contribution in [-0.2, 0) is 27.3 Å². The normalized spacial score (nSPS) is 20.0. The maximum Gasteiger partial charge on any atom is 0.255 e. The zero-order chi connectivity index (χ0) is 26.5. The van der Waals surface area contributed by atoms with E-state index >= 15 is 0 Å². The summed E-state index contributed by atoms with van der Waals surface area (Å²) in [6, 6.07) is 16.1. The fourth-order valence-electron chi connectivity index (χ4n) is 6.06. The molecule has 1 atom stereocenters. The summed E-state index contributed by atoms with van der Waals surface area (Å²) in [5, 5.41) is 2.35. The third-order valence-corrected chi connectivity index (χ3v) is 8.32. The van der Waals surface area contributed by atoms with Crippen LogP contribution in [0, 0.1) is 0 Å². The van der Waals surface area contributed by atoms with Gasteiger partial charge in [0.1, 0.15) is 6.04 Å². The van der Waals surface area contributed by atoms with Crippen LogP contribution < -0.4 is 5.32 Å². The lowest BCUT2D eigenvalue weighted by molar-refractivity contribution is -0.137. The maximum atomic E-state index is 13.0. The molecule has 2 aromatic carbocycles. The van der Waals surface area contributed by atoms with Crippen molar-refractivity contribution < 1.29 is 19.2 Å². The van der Waals surface area contributed by atoms with Crippen LogP contribution in [0.3, 0.4) is 0 Å². The fraction of sp³-hybridized carbons (Fsp3) is 0.484. The van der Waals surface area contributed by atoms with Crippen LogP contribution in [0.25, 0.3) is 0 Å². The number of aryl methyl sites for hydroxylation is 1. The van der Waals surface area contributed by atoms with Crippen molar-refractivity contribution in [3.63, 3.8) is 0 Å². The zero-order valence-corrected chi connectivity index (χ0v) is 22.0. The largest absolute Gasteiger partial charge is 0.343 e. The van der Waals surface area contributed by atoms with Crippen molar-refractivity contribution in [1.29, 1.82) is 0 Å². The quantitative estimate of drug-likeness (QED) is 0.397. The van der Waals surface area contributed by atoms with Crippen LogP contribution in [0.5, 0.6) is 0 Å². The first kappa shape index (κ1) is 26.1. The first-order chi connectivity index (χ1) is 18.5. The molecule has 2 aromatic rings. The molecule has 2 fully saturated rings. The van der Waals surface area contributed by atoms with Crippen LogP contribution in [0.15, 0.2) is 48.5 Å². The van der Waals surface area contributed by atoms with Gasteiger partial charge in [0.25, 0.3) is 5.91 Å². The second kappa shape index (κ2) is 11.9. The number of benzene rings is 2. The van der Waals surface area contributed by atoms with Gasteiger partial charge in [0, 0.05) is 38.0 Å². The van der Waals surface area contributed by atoms with Crippen molar-refractivity contribution in [1.82, 2.24) is 15.1 Å². The smallest absolute Gasteiger partial charge is 0.255 e. The van der Waals surface area contributed by atoms with Crippen LogP contribution in [0.2, 0.25) is 0 Å². The minimum atomic E-state index is -0.575. The summed E-state index contributed by atoms with van der Waals surface area (Å²) in [6.07, 6.45) is 8.26. The molecule has 0 saturated carbocycles. The predicted octanol–water partition coefficient (Wildman–Crippen LogP) is 4.35. The Hall–Kier alpha value is -3.48. The molecule has 3 aliphatic rings. The lowest BCUT2D eigenvalue weighted by Gasteiger charge is -2.32. The number of likely N-dealkylation sites (tertiary alicyclic amines) is 1. The van der Waals surface area contributed by atoms with E-state index in [1.54, 1.807) is 4.90 Å². The summed E-state index contributed by atoms with van der Waals surface area (Å²) < 4.78 is 0. The van der Waals surface area contributed by atoms with Crippen molar-refractivity contribution in [2.24, 2.45) is 0 Å². The van der Waals surface area contributed by atoms with Crippen molar-refractivity contribution in [2.75, 3.05) is 13.1 Å². The molecule has 0 aliphatic carbocycles. The Labute approximate surface area is 224 Å². The highest BCUT2D eigenvalue weighted by atomic mass is 16.2. The van der Waals surface area contributed by atoms with E-state index < -0.39 is 6.04 Å². The SMILES string of the molecule is O=C1CCC(N2Cc3ccc(CCCCCCC(=O)N4CCC(c5ccccc5)CC4)cc3C2=O)C(=O)N1. The van der Waals surface area contributed by atoms with Crippen LogP contribution >= 0.6 is 0 Å². The molecular formula is C31H37N3O4. The summed E-state index contributed by atoms with van der Waals surface area (Å²) in [5.74, 6) is 0.0791. The van der Waals surface area contributed by atoms with Crippen molar-refractivity contribution in [3.05, 3.63) is 70.8 Å². The number of rotatable bonds is 9. The number of hydrogen-bond acceptors (Lipinski definition) is 4. The number of nitrogens with one attached hydrogen (secondary N) is 1. The Bertz CT molecular complexity index is 1190. The highest BCUT2D eigenvalue weighted by Crippen LogP contribution is 2.30. The second-order valence-corrected chi connectivity index (χ2v) is 10.9. The highest BCUT2D eigenvalue weighted by molar-refractivity contribution is 6.05. The minimum absolute atomic E-state index is 0.123. The number of nitrogens with zero attached hydrogens (tertiary/aromatic N) is 2. The third kappa shape index (κ3) is 5.98. The molecule has 4 amide bonds. The first-order valence-electron chi connectivity index (χ1n) is 14.1. The summed E-state index contributed by atoms with van der Waals surface area (Å²) in [5.41, 5.74) is 4.13. The lowest BCUT2D eigenvalue weighted by Crippen LogP contribution is -2.52. The molecule has 5 rings (SSSR count). The third-order valence-electron chi connectivity index (χ3n) is 8.32. The van der Waals surface area contributed by atoms with Crippen molar-refractivity contribution in [3.8, 4) is 0 Å². The molecular weight excluding hydrogens is 478 g/mol. The van der Waals surface area contributed by atoms with Gasteiger partial charge in [-0.15, -0.1) is 0 Å². The van der Waals surface area contributed by atoms with Gasteiger partial charge in [-0.25, -0.2) is 0 Å². The van der Waals surface area contributed by atoms with Gasteiger partial charge in [0.05, 0.1) is 0 Å². The molecule has 38 heavy (non-hydrogen) atoms. The molecule has 3 heterocycles. The predicted molar refractivity (Wildman–Crippen MR) is 144 cm³/mol. The molecule has 0 aromatic heterocycles. The Morgan fingerprint density at radius 1 is 0.895 bits per heavy atom. The fourth-order valence-corrected chi connectivity index (χ4v) is 6.06. The Morgan fingerprint density at radius 2 is 1.66 bits per heavy atom. The monoisotopic (exact) mass is 515 g/mol. The first-order valence-corrected chi connectivity index (χ1v) is 14.1. The maximum absolute atomic E-state index is 13.0. The van der Waals surface area contributed by atoms with Crippen LogP contribution in [0.4, 0.5) is 0 Å². The molecule has 2 saturated heterocycles. The van der Waals surface area contributed by atoms with Crippen molar-refractivity contribution in [2.45, 2.75) is 82.7 Å². The topological polar surface area (TPSA) is 86.8 Å². The average Bonchev–Trinajstić information content (AvgIpc) is 3.26. The van der Waals surface area contributed by atoms with Gasteiger partial charge in [-0.1, -0.05) is 55.3 Å². The van der Waals surface area contributed by atoms with E-state index in [0.29, 0.717) is 30.9 Å². The molecule has 1 N–H and O–H groups in total. The van der Waals surface area contributed by atoms with Gasteiger partial charge >= 0.3 is 0 Å². The van der Waals surface area contributed by atoms with Gasteiger partial charge in [-0.2, -0.15) is 0 Å². The summed E-state index contributed by atoms with van der Waals surface area (Å²) in [7, 11) is 0. The van der Waals surface area contributed by atoms with Gasteiger partial charge in [0.2, 0.25) is 17.7 Å². The molecule has 0 spiro atoms. The molecule has 200 valence electrons. The Morgan fingerprint density at radius 3 is 2.42 bits per heavy atom. The Kier molecular flexibility index (Phi) is 8.20. The molecule has 0 bridgehead atoms. The summed E-state index contributed by atoms with van der Waals surface area (Å²) >= 11 is 0. The summed E-state index contributed by atoms with van der Waals surface area (Å²) in [6.45, 7) is 2.13. The van der Waals surface area contributed by atoms with E-state index in [9.17, 15) is 19.2 Å². The van der Waals surface area contributed by atoms with E-state index in [1.165, 1.54) is 5.56 Å². The minimum Gasteiger partial charge on any atom is -0.343 e. The molecule has 7 nitrogen and oxygen atoms in total. The van der Waals surface area contributed by atoms with Gasteiger partial charge in [-0.05, 0) is 67.2 Å². The van der Waals surface area contributed by atoms with Crippen LogP contribution in [-0.4, -0.2) is 52.6 Å². The lowest BCUT2D eigenvalue weighted by atomic mass is 9.89. The van der Waals surface area contributed by atoms with E-state index in [4.69, 9.17) is 0 Å². The van der Waals surface area contributed by atoms with E-state index in [0.717, 1.165) is 69.2 Å². The van der Waals surface area contributed by atoms with E-state index in [-0.39, 0.29) is 30.0 Å². The molecule has 1 unspecified atom stereocenters. The van der Waals surface area contributed by atoms with E-state index in [1.807, 2.05) is 23.1 Å². The molecule has 0 radical (unpaired) electrons. The number of imide groups is 1. The van der Waals surface area contributed by atoms with Gasteiger partial charge in [0.15, 0.2) is 0 Å². The number of piperidine rings is 2. The number of carbonyl (C=O) groups is 4. The molecule has 3 aliphatic heterocycles. The second-order valence-electron chi connectivity index (χ2n) is 10.9. The number of amides is 4. The van der Waals surface area contributed by atoms with E-state index in [2.05, 4.69) is 35.6 Å². The zero-order valence-electron chi connectivity index (χ0n) is 22.0. The van der Waals surface area contributed by atoms with Crippen LogP contribution in [0.1, 0.15) is 90.8 Å². The highest BCUT2D eigenvalue weighted by Gasteiger charge is 2.39. The molecule has 7 heteroatoms. The average molecular weight is 516 g/mol. The van der Waals surface area contributed by atoms with Crippen molar-refractivity contribution >= 4 is 23.6 Å². The number of carbonyl (C=O) groups excluding carboxylic acids is 4.